The number of para-hydroxylation sites is 1. The molecule has 0 fully saturated rings. The van der Waals surface area contributed by atoms with Gasteiger partial charge < -0.3 is 10.6 Å². The number of aliphatic imine (C=N–C) groups is 1. The number of hydrogen-bond acceptors (Lipinski definition) is 6. The molecule has 2 heterocycles. The van der Waals surface area contributed by atoms with Crippen molar-refractivity contribution in [2.45, 2.75) is 6.42 Å². The lowest BCUT2D eigenvalue weighted by Gasteiger charge is -2.14. The summed E-state index contributed by atoms with van der Waals surface area (Å²) >= 11 is 1.68. The van der Waals surface area contributed by atoms with E-state index >= 15 is 0 Å². The van der Waals surface area contributed by atoms with Crippen molar-refractivity contribution in [2.75, 3.05) is 30.8 Å². The molecule has 1 aliphatic rings. The zero-order valence-electron chi connectivity index (χ0n) is 14.4. The molecule has 2 aromatic carbocycles. The van der Waals surface area contributed by atoms with E-state index in [1.165, 1.54) is 15.2 Å². The first-order chi connectivity index (χ1) is 12.7. The van der Waals surface area contributed by atoms with E-state index in [-0.39, 0.29) is 12.5 Å². The van der Waals surface area contributed by atoms with Crippen molar-refractivity contribution in [1.82, 2.24) is 9.88 Å². The molecular weight excluding hydrogens is 346 g/mol. The Labute approximate surface area is 155 Å². The Morgan fingerprint density at radius 1 is 1.15 bits per heavy atom. The van der Waals surface area contributed by atoms with Crippen LogP contribution in [0.2, 0.25) is 0 Å². The average Bonchev–Trinajstić information content (AvgIpc) is 3.21. The van der Waals surface area contributed by atoms with Gasteiger partial charge in [-0.05, 0) is 36.2 Å². The molecule has 4 rings (SSSR count). The Morgan fingerprint density at radius 3 is 2.69 bits per heavy atom. The van der Waals surface area contributed by atoms with Crippen LogP contribution >= 0.6 is 11.3 Å². The van der Waals surface area contributed by atoms with E-state index in [0.29, 0.717) is 5.96 Å². The predicted octanol–water partition coefficient (Wildman–Crippen LogP) is 3.19. The average molecular weight is 365 g/mol. The number of amides is 1. The highest BCUT2D eigenvalue weighted by Gasteiger charge is 2.20. The van der Waals surface area contributed by atoms with E-state index in [2.05, 4.69) is 38.8 Å². The van der Waals surface area contributed by atoms with Crippen LogP contribution in [0.4, 0.5) is 10.8 Å². The Kier molecular flexibility index (Phi) is 4.53. The van der Waals surface area contributed by atoms with Gasteiger partial charge in [-0.2, -0.15) is 0 Å². The van der Waals surface area contributed by atoms with Gasteiger partial charge in [-0.15, -0.1) is 0 Å². The molecule has 0 atom stereocenters. The quantitative estimate of drug-likeness (QED) is 0.729. The predicted molar refractivity (Wildman–Crippen MR) is 107 cm³/mol. The summed E-state index contributed by atoms with van der Waals surface area (Å²) in [6.07, 6.45) is 0.912. The normalized spacial score (nSPS) is 14.0. The zero-order valence-corrected chi connectivity index (χ0v) is 15.2. The number of thiazole rings is 1. The third kappa shape index (κ3) is 3.52. The molecule has 0 unspecified atom stereocenters. The molecule has 0 spiro atoms. The molecule has 0 saturated heterocycles. The summed E-state index contributed by atoms with van der Waals surface area (Å²) in [7, 11) is 1.73. The van der Waals surface area contributed by atoms with Gasteiger partial charge in [-0.25, -0.2) is 9.98 Å². The number of nitrogens with zero attached hydrogens (tertiary/aromatic N) is 3. The number of likely N-dealkylation sites (N-methyl/N-ethyl adjacent to an activating group) is 1. The summed E-state index contributed by atoms with van der Waals surface area (Å²) in [6.45, 7) is 1.05. The fraction of sp³-hybridized carbons (Fsp3) is 0.211. The molecule has 26 heavy (non-hydrogen) atoms. The molecule has 1 aliphatic heterocycles. The van der Waals surface area contributed by atoms with Gasteiger partial charge in [0.2, 0.25) is 5.96 Å². The molecule has 6 nitrogen and oxygen atoms in total. The highest BCUT2D eigenvalue weighted by atomic mass is 32.1. The van der Waals surface area contributed by atoms with Crippen molar-refractivity contribution in [3.63, 3.8) is 0 Å². The third-order valence-electron chi connectivity index (χ3n) is 4.25. The van der Waals surface area contributed by atoms with Crippen LogP contribution in [0.25, 0.3) is 10.2 Å². The van der Waals surface area contributed by atoms with E-state index < -0.39 is 0 Å². The van der Waals surface area contributed by atoms with Crippen LogP contribution in [-0.4, -0.2) is 41.9 Å². The van der Waals surface area contributed by atoms with E-state index in [9.17, 15) is 4.79 Å². The van der Waals surface area contributed by atoms with E-state index in [1.807, 2.05) is 30.3 Å². The van der Waals surface area contributed by atoms with Crippen LogP contribution in [0.5, 0.6) is 0 Å². The third-order valence-corrected chi connectivity index (χ3v) is 5.24. The Balaban J connectivity index is 1.31. The van der Waals surface area contributed by atoms with E-state index in [4.69, 9.17) is 0 Å². The van der Waals surface area contributed by atoms with Gasteiger partial charge in [0.05, 0.1) is 10.2 Å². The summed E-state index contributed by atoms with van der Waals surface area (Å²) in [6, 6.07) is 16.3. The smallest absolute Gasteiger partial charge is 0.250 e. The first kappa shape index (κ1) is 16.5. The highest BCUT2D eigenvalue weighted by molar-refractivity contribution is 7.22. The van der Waals surface area contributed by atoms with Gasteiger partial charge in [0.1, 0.15) is 6.54 Å². The second kappa shape index (κ2) is 7.13. The molecule has 1 aromatic heterocycles. The standard InChI is InChI=1S/C19H19N5OS/c1-24-17(25)12-21-18(24)22-14-8-6-13(7-9-14)10-11-20-19-23-15-4-2-3-5-16(15)26-19/h2-9H,10-12H2,1H3,(H,20,23)(H,21,22). The number of rotatable bonds is 5. The maximum atomic E-state index is 11.5. The molecule has 132 valence electrons. The number of anilines is 2. The van der Waals surface area contributed by atoms with Crippen LogP contribution < -0.4 is 10.6 Å². The number of aromatic nitrogens is 1. The molecule has 2 N–H and O–H groups in total. The summed E-state index contributed by atoms with van der Waals surface area (Å²) in [4.78, 5) is 21.8. The van der Waals surface area contributed by atoms with Gasteiger partial charge in [0.25, 0.3) is 5.91 Å². The van der Waals surface area contributed by atoms with Crippen molar-refractivity contribution in [3.05, 3.63) is 54.1 Å². The second-order valence-electron chi connectivity index (χ2n) is 6.08. The van der Waals surface area contributed by atoms with Crippen molar-refractivity contribution in [3.8, 4) is 0 Å². The SMILES string of the molecule is CN1C(=O)CN=C1Nc1ccc(CCNc2nc3ccccc3s2)cc1. The topological polar surface area (TPSA) is 69.6 Å². The van der Waals surface area contributed by atoms with Crippen molar-refractivity contribution in [1.29, 1.82) is 0 Å². The second-order valence-corrected chi connectivity index (χ2v) is 7.11. The maximum Gasteiger partial charge on any atom is 0.250 e. The first-order valence-corrected chi connectivity index (χ1v) is 9.27. The van der Waals surface area contributed by atoms with Crippen molar-refractivity contribution >= 4 is 44.2 Å². The fourth-order valence-corrected chi connectivity index (χ4v) is 3.63. The minimum absolute atomic E-state index is 0.00467. The molecule has 0 aliphatic carbocycles. The Morgan fingerprint density at radius 2 is 1.96 bits per heavy atom. The van der Waals surface area contributed by atoms with Gasteiger partial charge >= 0.3 is 0 Å². The van der Waals surface area contributed by atoms with Crippen LogP contribution in [-0.2, 0) is 11.2 Å². The molecular formula is C19H19N5OS. The van der Waals surface area contributed by atoms with Gasteiger partial charge in [-0.3, -0.25) is 9.69 Å². The van der Waals surface area contributed by atoms with Gasteiger partial charge in [-0.1, -0.05) is 35.6 Å². The Hall–Kier alpha value is -2.93. The fourth-order valence-electron chi connectivity index (χ4n) is 2.74. The number of fused-ring (bicyclic) bond motifs is 1. The molecule has 0 radical (unpaired) electrons. The monoisotopic (exact) mass is 365 g/mol. The van der Waals surface area contributed by atoms with Gasteiger partial charge in [0.15, 0.2) is 5.13 Å². The molecule has 7 heteroatoms. The lowest BCUT2D eigenvalue weighted by atomic mass is 10.1. The Bertz CT molecular complexity index is 930. The number of benzene rings is 2. The van der Waals surface area contributed by atoms with E-state index in [1.54, 1.807) is 18.4 Å². The van der Waals surface area contributed by atoms with Gasteiger partial charge in [0, 0.05) is 19.3 Å². The van der Waals surface area contributed by atoms with Crippen LogP contribution in [0.15, 0.2) is 53.5 Å². The summed E-state index contributed by atoms with van der Waals surface area (Å²) < 4.78 is 1.20. The van der Waals surface area contributed by atoms with E-state index in [0.717, 1.165) is 29.3 Å². The zero-order chi connectivity index (χ0) is 17.9. The summed E-state index contributed by atoms with van der Waals surface area (Å²) in [5, 5.41) is 7.53. The highest BCUT2D eigenvalue weighted by Crippen LogP contribution is 2.25. The number of guanidine groups is 1. The largest absolute Gasteiger partial charge is 0.361 e. The maximum absolute atomic E-state index is 11.5. The van der Waals surface area contributed by atoms with Crippen LogP contribution in [0, 0.1) is 0 Å². The van der Waals surface area contributed by atoms with Crippen molar-refractivity contribution in [2.24, 2.45) is 4.99 Å². The number of carbonyl (C=O) groups is 1. The lowest BCUT2D eigenvalue weighted by Crippen LogP contribution is -2.32. The first-order valence-electron chi connectivity index (χ1n) is 8.45. The molecule has 1 amide bonds. The minimum atomic E-state index is 0.00467. The minimum Gasteiger partial charge on any atom is -0.361 e. The van der Waals surface area contributed by atoms with Crippen molar-refractivity contribution < 1.29 is 4.79 Å². The van der Waals surface area contributed by atoms with Crippen LogP contribution in [0.1, 0.15) is 5.56 Å². The molecule has 0 bridgehead atoms. The summed E-state index contributed by atoms with van der Waals surface area (Å²) in [5.74, 6) is 0.602. The molecule has 0 saturated carbocycles. The summed E-state index contributed by atoms with van der Waals surface area (Å²) in [5.41, 5.74) is 3.20. The lowest BCUT2D eigenvalue weighted by molar-refractivity contribution is -0.123. The number of nitrogens with one attached hydrogen (secondary N) is 2. The molecule has 3 aromatic rings. The van der Waals surface area contributed by atoms with Crippen LogP contribution in [0.3, 0.4) is 0 Å². The number of hydrogen-bond donors (Lipinski definition) is 2. The number of carbonyl (C=O) groups excluding carboxylic acids is 1.